The van der Waals surface area contributed by atoms with Crippen molar-refractivity contribution in [2.24, 2.45) is 15.2 Å². The van der Waals surface area contributed by atoms with Crippen LogP contribution in [-0.2, 0) is 17.6 Å². The Bertz CT molecular complexity index is 539. The van der Waals surface area contributed by atoms with Crippen molar-refractivity contribution in [3.05, 3.63) is 35.4 Å². The van der Waals surface area contributed by atoms with Gasteiger partial charge in [-0.1, -0.05) is 24.3 Å². The Balaban J connectivity index is 2.34. The minimum absolute atomic E-state index is 0.262. The lowest BCUT2D eigenvalue weighted by Crippen LogP contribution is -2.32. The minimum atomic E-state index is -0.761. The highest BCUT2D eigenvalue weighted by Crippen LogP contribution is 2.33. The molecule has 0 N–H and O–H groups in total. The minimum Gasteiger partial charge on any atom is -0.211 e. The molecule has 1 aromatic rings. The molecule has 4 nitrogen and oxygen atoms in total. The van der Waals surface area contributed by atoms with Crippen molar-refractivity contribution in [3.63, 3.8) is 0 Å². The number of rotatable bonds is 2. The first-order valence-corrected chi connectivity index (χ1v) is 6.54. The lowest BCUT2D eigenvalue weighted by molar-refractivity contribution is 0.350. The molecule has 1 aliphatic carbocycles. The van der Waals surface area contributed by atoms with E-state index in [1.807, 2.05) is 32.9 Å². The van der Waals surface area contributed by atoms with Crippen molar-refractivity contribution in [2.75, 3.05) is 0 Å². The largest absolute Gasteiger partial charge is 0.237 e. The molecule has 19 heavy (non-hydrogen) atoms. The first-order valence-electron chi connectivity index (χ1n) is 6.54. The molecule has 4 heteroatoms. The van der Waals surface area contributed by atoms with E-state index in [0.717, 1.165) is 6.42 Å². The van der Waals surface area contributed by atoms with Crippen LogP contribution in [0.15, 0.2) is 39.5 Å². The number of isocyanates is 1. The third-order valence-electron chi connectivity index (χ3n) is 3.18. The Hall–Kier alpha value is -1.80. The van der Waals surface area contributed by atoms with Gasteiger partial charge in [-0.3, -0.25) is 0 Å². The number of fused-ring (bicyclic) bond motifs is 1. The third-order valence-corrected chi connectivity index (χ3v) is 3.18. The summed E-state index contributed by atoms with van der Waals surface area (Å²) in [5.74, 6) is 0. The second-order valence-electron chi connectivity index (χ2n) is 6.00. The Morgan fingerprint density at radius 3 is 2.53 bits per heavy atom. The van der Waals surface area contributed by atoms with Crippen LogP contribution in [0.3, 0.4) is 0 Å². The molecular weight excluding hydrogens is 238 g/mol. The Kier molecular flexibility index (Phi) is 3.63. The average Bonchev–Trinajstić information content (AvgIpc) is 2.36. The quantitative estimate of drug-likeness (QED) is 0.455. The van der Waals surface area contributed by atoms with Gasteiger partial charge in [0.2, 0.25) is 6.08 Å². The monoisotopic (exact) mass is 257 g/mol. The highest BCUT2D eigenvalue weighted by Gasteiger charge is 2.35. The number of azo groups is 1. The van der Waals surface area contributed by atoms with Crippen molar-refractivity contribution < 1.29 is 4.79 Å². The van der Waals surface area contributed by atoms with E-state index in [1.165, 1.54) is 11.1 Å². The van der Waals surface area contributed by atoms with Crippen molar-refractivity contribution in [2.45, 2.75) is 51.2 Å². The fourth-order valence-corrected chi connectivity index (χ4v) is 2.23. The topological polar surface area (TPSA) is 54.1 Å². The smallest absolute Gasteiger partial charge is 0.211 e. The van der Waals surface area contributed by atoms with Gasteiger partial charge in [0.05, 0.1) is 5.54 Å². The molecule has 0 aliphatic heterocycles. The Morgan fingerprint density at radius 2 is 1.89 bits per heavy atom. The van der Waals surface area contributed by atoms with Crippen LogP contribution >= 0.6 is 0 Å². The first-order chi connectivity index (χ1) is 8.94. The number of hydrogen-bond acceptors (Lipinski definition) is 4. The van der Waals surface area contributed by atoms with Crippen LogP contribution in [-0.4, -0.2) is 17.3 Å². The summed E-state index contributed by atoms with van der Waals surface area (Å²) in [7, 11) is 0. The van der Waals surface area contributed by atoms with Crippen molar-refractivity contribution in [3.8, 4) is 0 Å². The molecule has 1 aliphatic rings. The van der Waals surface area contributed by atoms with E-state index in [-0.39, 0.29) is 5.54 Å². The zero-order valence-corrected chi connectivity index (χ0v) is 11.7. The highest BCUT2D eigenvalue weighted by molar-refractivity contribution is 5.38. The number of aryl methyl sites for hydroxylation is 1. The third kappa shape index (κ3) is 3.36. The Morgan fingerprint density at radius 1 is 1.21 bits per heavy atom. The van der Waals surface area contributed by atoms with Crippen molar-refractivity contribution in [1.29, 1.82) is 0 Å². The summed E-state index contributed by atoms with van der Waals surface area (Å²) in [6, 6.07) is 8.22. The van der Waals surface area contributed by atoms with Crippen LogP contribution in [0.25, 0.3) is 0 Å². The van der Waals surface area contributed by atoms with Crippen LogP contribution in [0.2, 0.25) is 0 Å². The van der Waals surface area contributed by atoms with E-state index < -0.39 is 5.66 Å². The first kappa shape index (κ1) is 13.6. The molecule has 1 unspecified atom stereocenters. The van der Waals surface area contributed by atoms with Gasteiger partial charge in [0.15, 0.2) is 5.66 Å². The van der Waals surface area contributed by atoms with Crippen LogP contribution in [0.4, 0.5) is 0 Å². The fourth-order valence-electron chi connectivity index (χ4n) is 2.23. The number of nitrogens with zero attached hydrogens (tertiary/aromatic N) is 3. The molecule has 0 heterocycles. The lowest BCUT2D eigenvalue weighted by atomic mass is 9.84. The zero-order valence-electron chi connectivity index (χ0n) is 11.7. The van der Waals surface area contributed by atoms with E-state index in [2.05, 4.69) is 27.4 Å². The SMILES string of the molecule is CC(C)(C)N=NC1(N=C=O)CCc2ccccc2C1. The number of aliphatic imine (C=N–C) groups is 1. The van der Waals surface area contributed by atoms with Crippen LogP contribution < -0.4 is 0 Å². The summed E-state index contributed by atoms with van der Waals surface area (Å²) in [6.45, 7) is 5.93. The van der Waals surface area contributed by atoms with E-state index in [9.17, 15) is 4.79 Å². The molecule has 0 saturated heterocycles. The molecule has 0 fully saturated rings. The molecule has 0 spiro atoms. The van der Waals surface area contributed by atoms with Gasteiger partial charge >= 0.3 is 0 Å². The highest BCUT2D eigenvalue weighted by atomic mass is 16.1. The van der Waals surface area contributed by atoms with Gasteiger partial charge in [0.1, 0.15) is 0 Å². The molecule has 1 aromatic carbocycles. The van der Waals surface area contributed by atoms with E-state index in [1.54, 1.807) is 6.08 Å². The van der Waals surface area contributed by atoms with E-state index in [4.69, 9.17) is 0 Å². The normalized spacial score (nSPS) is 22.9. The summed E-state index contributed by atoms with van der Waals surface area (Å²) in [4.78, 5) is 14.7. The fraction of sp³-hybridized carbons (Fsp3) is 0.533. The molecular formula is C15H19N3O. The van der Waals surface area contributed by atoms with Crippen LogP contribution in [0, 0.1) is 0 Å². The van der Waals surface area contributed by atoms with Gasteiger partial charge in [-0.2, -0.15) is 15.2 Å². The maximum Gasteiger partial charge on any atom is 0.237 e. The molecule has 0 saturated carbocycles. The van der Waals surface area contributed by atoms with Gasteiger partial charge in [-0.15, -0.1) is 0 Å². The number of hydrogen-bond donors (Lipinski definition) is 0. The average molecular weight is 257 g/mol. The zero-order chi connectivity index (χ0) is 13.9. The summed E-state index contributed by atoms with van der Waals surface area (Å²) in [5, 5.41) is 8.67. The maximum atomic E-state index is 10.7. The van der Waals surface area contributed by atoms with Gasteiger partial charge in [0, 0.05) is 6.42 Å². The second kappa shape index (κ2) is 5.06. The summed E-state index contributed by atoms with van der Waals surface area (Å²) in [5.41, 5.74) is 1.48. The van der Waals surface area contributed by atoms with E-state index in [0.29, 0.717) is 12.8 Å². The predicted molar refractivity (Wildman–Crippen MR) is 73.9 cm³/mol. The molecule has 0 radical (unpaired) electrons. The summed E-state index contributed by atoms with van der Waals surface area (Å²) in [6.07, 6.45) is 3.86. The molecule has 1 atom stereocenters. The van der Waals surface area contributed by atoms with Gasteiger partial charge < -0.3 is 0 Å². The lowest BCUT2D eigenvalue weighted by Gasteiger charge is -2.29. The summed E-state index contributed by atoms with van der Waals surface area (Å²) < 4.78 is 0. The maximum absolute atomic E-state index is 10.7. The second-order valence-corrected chi connectivity index (χ2v) is 6.00. The molecule has 0 bridgehead atoms. The van der Waals surface area contributed by atoms with Crippen molar-refractivity contribution >= 4 is 6.08 Å². The molecule has 100 valence electrons. The Labute approximate surface area is 113 Å². The van der Waals surface area contributed by atoms with Crippen molar-refractivity contribution in [1.82, 2.24) is 0 Å². The molecule has 2 rings (SSSR count). The standard InChI is InChI=1S/C15H19N3O/c1-14(2,3)17-18-15(16-11-19)9-8-12-6-4-5-7-13(12)10-15/h4-7H,8-10H2,1-3H3. The van der Waals surface area contributed by atoms with Crippen LogP contribution in [0.1, 0.15) is 38.3 Å². The summed E-state index contributed by atoms with van der Waals surface area (Å²) >= 11 is 0. The van der Waals surface area contributed by atoms with E-state index >= 15 is 0 Å². The number of benzene rings is 1. The van der Waals surface area contributed by atoms with Gasteiger partial charge in [-0.05, 0) is 44.7 Å². The molecule has 0 aromatic heterocycles. The number of carbonyl (C=O) groups excluding carboxylic acids is 1. The predicted octanol–water partition coefficient (Wildman–Crippen LogP) is 3.46. The van der Waals surface area contributed by atoms with Crippen LogP contribution in [0.5, 0.6) is 0 Å². The molecule has 0 amide bonds. The van der Waals surface area contributed by atoms with Gasteiger partial charge in [0.25, 0.3) is 0 Å². The van der Waals surface area contributed by atoms with Gasteiger partial charge in [-0.25, -0.2) is 4.79 Å².